The van der Waals surface area contributed by atoms with Gasteiger partial charge in [0.2, 0.25) is 0 Å². The summed E-state index contributed by atoms with van der Waals surface area (Å²) in [6, 6.07) is 15.2. The van der Waals surface area contributed by atoms with Gasteiger partial charge in [0.05, 0.1) is 17.9 Å². The molecule has 0 radical (unpaired) electrons. The van der Waals surface area contributed by atoms with Crippen molar-refractivity contribution < 1.29 is 9.90 Å². The van der Waals surface area contributed by atoms with Crippen molar-refractivity contribution in [2.24, 2.45) is 4.99 Å². The van der Waals surface area contributed by atoms with Crippen LogP contribution >= 0.6 is 0 Å². The monoisotopic (exact) mass is 427 g/mol. The van der Waals surface area contributed by atoms with Crippen molar-refractivity contribution in [1.29, 1.82) is 0 Å². The number of aromatic nitrogens is 4. The summed E-state index contributed by atoms with van der Waals surface area (Å²) in [7, 11) is 0. The van der Waals surface area contributed by atoms with E-state index < -0.39 is 0 Å². The van der Waals surface area contributed by atoms with Gasteiger partial charge >= 0.3 is 0 Å². The molecular formula is C24H23N6O2-. The van der Waals surface area contributed by atoms with Crippen molar-refractivity contribution in [3.8, 4) is 5.69 Å². The first-order valence-corrected chi connectivity index (χ1v) is 10.7. The number of hydrogen-bond acceptors (Lipinski definition) is 5. The number of hydrogen-bond donors (Lipinski definition) is 1. The highest BCUT2D eigenvalue weighted by Gasteiger charge is 2.28. The molecular weight excluding hydrogens is 404 g/mol. The molecule has 0 spiro atoms. The van der Waals surface area contributed by atoms with E-state index in [1.54, 1.807) is 28.9 Å². The highest BCUT2D eigenvalue weighted by molar-refractivity contribution is 5.94. The van der Waals surface area contributed by atoms with Crippen LogP contribution in [-0.4, -0.2) is 49.8 Å². The Kier molecular flexibility index (Phi) is 4.97. The minimum atomic E-state index is -0.244. The molecule has 1 aliphatic heterocycles. The molecule has 0 aliphatic carbocycles. The van der Waals surface area contributed by atoms with Gasteiger partial charge in [-0.2, -0.15) is 0 Å². The third-order valence-corrected chi connectivity index (χ3v) is 5.93. The average Bonchev–Trinajstić information content (AvgIpc) is 3.38. The van der Waals surface area contributed by atoms with Gasteiger partial charge in [0.1, 0.15) is 0 Å². The van der Waals surface area contributed by atoms with Crippen LogP contribution in [0, 0.1) is 6.92 Å². The van der Waals surface area contributed by atoms with E-state index in [4.69, 9.17) is 0 Å². The number of fused-ring (bicyclic) bond motifs is 3. The van der Waals surface area contributed by atoms with Crippen LogP contribution < -0.4 is 5.11 Å². The smallest absolute Gasteiger partial charge is 0.276 e. The molecule has 5 rings (SSSR count). The molecule has 162 valence electrons. The molecule has 2 aromatic heterocycles. The molecule has 1 N–H and O–H groups in total. The summed E-state index contributed by atoms with van der Waals surface area (Å²) in [4.78, 5) is 22.4. The van der Waals surface area contributed by atoms with E-state index in [1.165, 1.54) is 10.9 Å². The molecule has 0 saturated carbocycles. The minimum absolute atomic E-state index is 0.133. The van der Waals surface area contributed by atoms with Gasteiger partial charge in [-0.05, 0) is 55.5 Å². The van der Waals surface area contributed by atoms with Crippen LogP contribution in [0.3, 0.4) is 0 Å². The summed E-state index contributed by atoms with van der Waals surface area (Å²) in [5.74, 6) is -0.377. The number of aliphatic imine (C=N–C) groups is 1. The van der Waals surface area contributed by atoms with Crippen LogP contribution in [-0.2, 0) is 13.0 Å². The van der Waals surface area contributed by atoms with Crippen molar-refractivity contribution in [3.05, 3.63) is 76.7 Å². The average molecular weight is 427 g/mol. The van der Waals surface area contributed by atoms with Crippen LogP contribution in [0.5, 0.6) is 0 Å². The molecule has 3 heterocycles. The van der Waals surface area contributed by atoms with E-state index in [2.05, 4.69) is 32.4 Å². The van der Waals surface area contributed by atoms with Gasteiger partial charge in [0.15, 0.2) is 5.69 Å². The molecule has 1 aliphatic rings. The zero-order chi connectivity index (χ0) is 22.2. The molecule has 32 heavy (non-hydrogen) atoms. The fourth-order valence-electron chi connectivity index (χ4n) is 4.27. The quantitative estimate of drug-likeness (QED) is 0.399. The van der Waals surface area contributed by atoms with Crippen molar-refractivity contribution in [2.45, 2.75) is 26.8 Å². The maximum Gasteiger partial charge on any atom is 0.276 e. The number of nitrogens with zero attached hydrogens (tertiary/aromatic N) is 5. The molecule has 2 aromatic carbocycles. The Hall–Kier alpha value is -3.94. The van der Waals surface area contributed by atoms with Crippen molar-refractivity contribution in [3.63, 3.8) is 0 Å². The Morgan fingerprint density at radius 1 is 1.19 bits per heavy atom. The van der Waals surface area contributed by atoms with Crippen LogP contribution in [0.4, 0.5) is 0 Å². The van der Waals surface area contributed by atoms with Gasteiger partial charge in [0, 0.05) is 29.7 Å². The van der Waals surface area contributed by atoms with Crippen LogP contribution in [0.25, 0.3) is 16.6 Å². The van der Waals surface area contributed by atoms with Crippen LogP contribution in [0.15, 0.2) is 53.5 Å². The zero-order valence-corrected chi connectivity index (χ0v) is 18.0. The lowest BCUT2D eigenvalue weighted by Crippen LogP contribution is -2.36. The molecule has 8 nitrogen and oxygen atoms in total. The fourth-order valence-corrected chi connectivity index (χ4v) is 4.27. The zero-order valence-electron chi connectivity index (χ0n) is 18.0. The lowest BCUT2D eigenvalue weighted by atomic mass is 10.0. The van der Waals surface area contributed by atoms with E-state index in [0.29, 0.717) is 36.6 Å². The largest absolute Gasteiger partial charge is 0.858 e. The first kappa shape index (κ1) is 20.0. The number of H-pyrrole nitrogens is 1. The molecule has 0 fully saturated rings. The van der Waals surface area contributed by atoms with E-state index in [9.17, 15) is 9.90 Å². The fraction of sp³-hybridized carbons (Fsp3) is 0.250. The predicted molar refractivity (Wildman–Crippen MR) is 120 cm³/mol. The van der Waals surface area contributed by atoms with Crippen LogP contribution in [0.1, 0.15) is 39.9 Å². The minimum Gasteiger partial charge on any atom is -0.858 e. The van der Waals surface area contributed by atoms with Gasteiger partial charge in [0.25, 0.3) is 5.91 Å². The second kappa shape index (κ2) is 7.96. The lowest BCUT2D eigenvalue weighted by molar-refractivity contribution is -0.213. The lowest BCUT2D eigenvalue weighted by Gasteiger charge is -2.26. The Labute approximate surface area is 185 Å². The molecule has 0 bridgehead atoms. The van der Waals surface area contributed by atoms with Gasteiger partial charge in [-0.1, -0.05) is 35.5 Å². The summed E-state index contributed by atoms with van der Waals surface area (Å²) in [5, 5.41) is 21.5. The number of carbonyl (C=O) groups excluding carboxylic acids is 1. The van der Waals surface area contributed by atoms with E-state index in [1.807, 2.05) is 30.9 Å². The maximum atomic E-state index is 13.2. The van der Waals surface area contributed by atoms with Crippen molar-refractivity contribution in [2.75, 3.05) is 13.1 Å². The van der Waals surface area contributed by atoms with Crippen molar-refractivity contribution >= 4 is 22.7 Å². The standard InChI is InChI=1S/C24H24N6O2/c1-3-25-23(31)16-8-10-17(11-9-16)30-15(2)22(27-28-30)24(32)29-13-12-19-18-6-4-5-7-20(18)26-21(19)14-29/h4-11,26H,3,12-14H2,1-2H3,(H,25,31)/p-1. The van der Waals surface area contributed by atoms with Gasteiger partial charge in [-0.15, -0.1) is 5.10 Å². The molecule has 0 atom stereocenters. The van der Waals surface area contributed by atoms with Crippen LogP contribution in [0.2, 0.25) is 0 Å². The second-order valence-electron chi connectivity index (χ2n) is 7.87. The number of benzene rings is 2. The third kappa shape index (κ3) is 3.33. The van der Waals surface area contributed by atoms with Gasteiger partial charge in [-0.3, -0.25) is 4.79 Å². The highest BCUT2D eigenvalue weighted by Crippen LogP contribution is 2.28. The van der Waals surface area contributed by atoms with E-state index in [-0.39, 0.29) is 11.8 Å². The summed E-state index contributed by atoms with van der Waals surface area (Å²) in [5.41, 5.74) is 5.72. The third-order valence-electron chi connectivity index (χ3n) is 5.93. The topological polar surface area (TPSA) is 102 Å². The maximum absolute atomic E-state index is 13.2. The number of amides is 1. The molecule has 4 aromatic rings. The number of aromatic amines is 1. The van der Waals surface area contributed by atoms with Gasteiger partial charge < -0.3 is 20.0 Å². The summed E-state index contributed by atoms with van der Waals surface area (Å²) in [6.45, 7) is 5.26. The molecule has 0 saturated heterocycles. The summed E-state index contributed by atoms with van der Waals surface area (Å²) in [6.07, 6.45) is 0.802. The Bertz CT molecular complexity index is 1330. The normalized spacial score (nSPS) is 14.1. The predicted octanol–water partition coefficient (Wildman–Crippen LogP) is 2.38. The van der Waals surface area contributed by atoms with E-state index in [0.717, 1.165) is 23.3 Å². The highest BCUT2D eigenvalue weighted by atomic mass is 16.3. The number of para-hydroxylation sites is 1. The number of rotatable bonds is 4. The Morgan fingerprint density at radius 3 is 2.75 bits per heavy atom. The molecule has 0 unspecified atom stereocenters. The number of nitrogens with one attached hydrogen (secondary N) is 1. The molecule has 8 heteroatoms. The summed E-state index contributed by atoms with van der Waals surface area (Å²) >= 11 is 0. The number of carbonyl (C=O) groups is 1. The first-order chi connectivity index (χ1) is 15.6. The summed E-state index contributed by atoms with van der Waals surface area (Å²) < 4.78 is 1.62. The molecule has 1 amide bonds. The van der Waals surface area contributed by atoms with Crippen molar-refractivity contribution in [1.82, 2.24) is 24.9 Å². The van der Waals surface area contributed by atoms with E-state index >= 15 is 0 Å². The first-order valence-electron chi connectivity index (χ1n) is 10.7. The SMILES string of the molecule is CCN=C([O-])c1ccc(-n2nnc(C(=O)N3CCc4c([nH]c5ccccc45)C3)c2C)cc1. The Balaban J connectivity index is 1.38. The van der Waals surface area contributed by atoms with Gasteiger partial charge in [-0.25, -0.2) is 4.68 Å². The Morgan fingerprint density at radius 2 is 1.97 bits per heavy atom. The second-order valence-corrected chi connectivity index (χ2v) is 7.87.